The van der Waals surface area contributed by atoms with Crippen LogP contribution in [0, 0.1) is 0 Å². The van der Waals surface area contributed by atoms with E-state index in [1.807, 2.05) is 44.2 Å². The van der Waals surface area contributed by atoms with Crippen LogP contribution >= 0.6 is 0 Å². The van der Waals surface area contributed by atoms with Gasteiger partial charge >= 0.3 is 0 Å². The van der Waals surface area contributed by atoms with E-state index in [1.165, 1.54) is 31.4 Å². The Balaban J connectivity index is 1.67. The zero-order valence-electron chi connectivity index (χ0n) is 21.0. The highest BCUT2D eigenvalue weighted by atomic mass is 32.2. The molecule has 1 amide bonds. The molecule has 4 aromatic rings. The topological polar surface area (TPSA) is 99.8 Å². The summed E-state index contributed by atoms with van der Waals surface area (Å²) in [6.07, 6.45) is 1.39. The van der Waals surface area contributed by atoms with Crippen LogP contribution in [-0.2, 0) is 16.6 Å². The summed E-state index contributed by atoms with van der Waals surface area (Å²) in [6.45, 7) is 4.98. The minimum absolute atomic E-state index is 0.0419. The first kappa shape index (κ1) is 26.0. The van der Waals surface area contributed by atoms with Gasteiger partial charge in [-0.1, -0.05) is 30.3 Å². The minimum Gasteiger partial charge on any atom is -0.494 e. The van der Waals surface area contributed by atoms with Crippen molar-refractivity contribution in [2.24, 2.45) is 0 Å². The molecule has 0 unspecified atom stereocenters. The molecular formula is C28H29N3O5S. The minimum atomic E-state index is -3.98. The molecule has 0 aliphatic rings. The van der Waals surface area contributed by atoms with Gasteiger partial charge in [-0.05, 0) is 61.9 Å². The van der Waals surface area contributed by atoms with E-state index in [-0.39, 0.29) is 15.8 Å². The smallest absolute Gasteiger partial charge is 0.264 e. The number of aromatic amines is 1. The van der Waals surface area contributed by atoms with Crippen LogP contribution in [0.15, 0.2) is 88.7 Å². The predicted molar refractivity (Wildman–Crippen MR) is 145 cm³/mol. The molecule has 9 heteroatoms. The molecule has 1 heterocycles. The number of H-pyrrole nitrogens is 1. The van der Waals surface area contributed by atoms with Crippen molar-refractivity contribution in [3.8, 4) is 5.75 Å². The number of pyridine rings is 1. The lowest BCUT2D eigenvalue weighted by atomic mass is 10.1. The maximum Gasteiger partial charge on any atom is 0.264 e. The predicted octanol–water partition coefficient (Wildman–Crippen LogP) is 4.41. The van der Waals surface area contributed by atoms with E-state index < -0.39 is 21.4 Å². The molecule has 0 bridgehead atoms. The van der Waals surface area contributed by atoms with Crippen LogP contribution in [0.25, 0.3) is 10.9 Å². The number of carbonyl (C=O) groups excluding carboxylic acids is 1. The first-order valence-corrected chi connectivity index (χ1v) is 13.4. The van der Waals surface area contributed by atoms with Crippen molar-refractivity contribution in [2.45, 2.75) is 25.3 Å². The van der Waals surface area contributed by atoms with E-state index in [0.717, 1.165) is 9.87 Å². The van der Waals surface area contributed by atoms with Gasteiger partial charge in [0.1, 0.15) is 11.3 Å². The average Bonchev–Trinajstić information content (AvgIpc) is 2.92. The third-order valence-electron chi connectivity index (χ3n) is 6.14. The molecule has 4 rings (SSSR count). The third-order valence-corrected chi connectivity index (χ3v) is 7.92. The van der Waals surface area contributed by atoms with Gasteiger partial charge in [-0.25, -0.2) is 8.42 Å². The summed E-state index contributed by atoms with van der Waals surface area (Å²) in [7, 11) is -2.53. The fourth-order valence-electron chi connectivity index (χ4n) is 4.03. The number of hydrogen-bond donors (Lipinski definition) is 1. The summed E-state index contributed by atoms with van der Waals surface area (Å²) in [5.41, 5.74) is 1.27. The number of rotatable bonds is 9. The number of carbonyl (C=O) groups is 1. The zero-order chi connectivity index (χ0) is 26.6. The van der Waals surface area contributed by atoms with E-state index in [4.69, 9.17) is 4.74 Å². The van der Waals surface area contributed by atoms with Gasteiger partial charge in [-0.2, -0.15) is 0 Å². The highest BCUT2D eigenvalue weighted by Crippen LogP contribution is 2.26. The lowest BCUT2D eigenvalue weighted by Crippen LogP contribution is -2.34. The number of amides is 1. The Kier molecular flexibility index (Phi) is 7.63. The van der Waals surface area contributed by atoms with Crippen molar-refractivity contribution in [1.82, 2.24) is 9.88 Å². The van der Waals surface area contributed by atoms with E-state index >= 15 is 0 Å². The van der Waals surface area contributed by atoms with Crippen LogP contribution in [0.4, 0.5) is 5.69 Å². The van der Waals surface area contributed by atoms with Crippen molar-refractivity contribution in [3.63, 3.8) is 0 Å². The SMILES string of the molecule is CCOc1ccc(N(C)S(=O)(=O)c2ccc3[nH]cc(C(=O)N(CC)Cc4ccccc4)c(=O)c3c2)cc1. The number of fused-ring (bicyclic) bond motifs is 1. The van der Waals surface area contributed by atoms with Crippen LogP contribution in [0.1, 0.15) is 29.8 Å². The summed E-state index contributed by atoms with van der Waals surface area (Å²) < 4.78 is 33.3. The molecule has 0 fully saturated rings. The van der Waals surface area contributed by atoms with Gasteiger partial charge in [0.2, 0.25) is 5.43 Å². The molecule has 3 aromatic carbocycles. The fourth-order valence-corrected chi connectivity index (χ4v) is 5.26. The molecule has 0 atom stereocenters. The largest absolute Gasteiger partial charge is 0.494 e. The zero-order valence-corrected chi connectivity index (χ0v) is 21.8. The van der Waals surface area contributed by atoms with Crippen LogP contribution in [-0.4, -0.2) is 44.4 Å². The standard InChI is InChI=1S/C28H29N3O5S/c1-4-31(19-20-9-7-6-8-10-20)28(33)25-18-29-26-16-15-23(17-24(26)27(25)32)37(34,35)30(3)21-11-13-22(14-12-21)36-5-2/h6-18H,4-5,19H2,1-3H3,(H,29,32). The average molecular weight is 520 g/mol. The van der Waals surface area contributed by atoms with Gasteiger partial charge in [0.15, 0.2) is 0 Å². The van der Waals surface area contributed by atoms with Crippen LogP contribution in [0.3, 0.4) is 0 Å². The van der Waals surface area contributed by atoms with Crippen molar-refractivity contribution < 1.29 is 17.9 Å². The second kappa shape index (κ2) is 10.9. The molecule has 0 spiro atoms. The van der Waals surface area contributed by atoms with Crippen molar-refractivity contribution in [1.29, 1.82) is 0 Å². The first-order chi connectivity index (χ1) is 17.8. The second-order valence-electron chi connectivity index (χ2n) is 8.44. The number of nitrogens with zero attached hydrogens (tertiary/aromatic N) is 2. The third kappa shape index (κ3) is 5.36. The summed E-state index contributed by atoms with van der Waals surface area (Å²) in [6, 6.07) is 20.5. The number of anilines is 1. The van der Waals surface area contributed by atoms with Crippen LogP contribution in [0.2, 0.25) is 0 Å². The number of nitrogens with one attached hydrogen (secondary N) is 1. The van der Waals surface area contributed by atoms with Gasteiger partial charge in [0, 0.05) is 37.2 Å². The quantitative estimate of drug-likeness (QED) is 0.353. The summed E-state index contributed by atoms with van der Waals surface area (Å²) in [4.78, 5) is 31.1. The van der Waals surface area contributed by atoms with Crippen molar-refractivity contribution in [3.05, 3.63) is 100 Å². The number of aromatic nitrogens is 1. The highest BCUT2D eigenvalue weighted by molar-refractivity contribution is 7.92. The lowest BCUT2D eigenvalue weighted by Gasteiger charge is -2.21. The normalized spacial score (nSPS) is 11.3. The van der Waals surface area contributed by atoms with E-state index in [1.54, 1.807) is 29.2 Å². The molecule has 0 saturated heterocycles. The Hall–Kier alpha value is -4.11. The molecular weight excluding hydrogens is 490 g/mol. The Morgan fingerprint density at radius 2 is 1.68 bits per heavy atom. The molecule has 1 N–H and O–H groups in total. The summed E-state index contributed by atoms with van der Waals surface area (Å²) in [5.74, 6) is 0.217. The Morgan fingerprint density at radius 3 is 2.32 bits per heavy atom. The Bertz CT molecular complexity index is 1570. The first-order valence-electron chi connectivity index (χ1n) is 12.0. The van der Waals surface area contributed by atoms with Crippen LogP contribution in [0.5, 0.6) is 5.75 Å². The molecule has 8 nitrogen and oxygen atoms in total. The summed E-state index contributed by atoms with van der Waals surface area (Å²) >= 11 is 0. The maximum atomic E-state index is 13.4. The van der Waals surface area contributed by atoms with Gasteiger partial charge < -0.3 is 14.6 Å². The molecule has 0 saturated carbocycles. The monoisotopic (exact) mass is 519 g/mol. The fraction of sp³-hybridized carbons (Fsp3) is 0.214. The van der Waals surface area contributed by atoms with E-state index in [2.05, 4.69) is 4.98 Å². The molecule has 1 aromatic heterocycles. The second-order valence-corrected chi connectivity index (χ2v) is 10.4. The highest BCUT2D eigenvalue weighted by Gasteiger charge is 2.24. The van der Waals surface area contributed by atoms with Gasteiger partial charge in [-0.15, -0.1) is 0 Å². The van der Waals surface area contributed by atoms with E-state index in [9.17, 15) is 18.0 Å². The number of sulfonamides is 1. The molecule has 192 valence electrons. The number of hydrogen-bond acceptors (Lipinski definition) is 5. The Labute approximate surface area is 216 Å². The van der Waals surface area contributed by atoms with Crippen molar-refractivity contribution >= 4 is 32.5 Å². The van der Waals surface area contributed by atoms with E-state index in [0.29, 0.717) is 36.6 Å². The Morgan fingerprint density at radius 1 is 0.973 bits per heavy atom. The van der Waals surface area contributed by atoms with Crippen molar-refractivity contribution in [2.75, 3.05) is 24.5 Å². The number of benzene rings is 3. The van der Waals surface area contributed by atoms with Crippen LogP contribution < -0.4 is 14.5 Å². The molecule has 37 heavy (non-hydrogen) atoms. The maximum absolute atomic E-state index is 13.4. The number of ether oxygens (including phenoxy) is 1. The van der Waals surface area contributed by atoms with Gasteiger partial charge in [0.05, 0.1) is 17.2 Å². The summed E-state index contributed by atoms with van der Waals surface area (Å²) in [5, 5.41) is 0.128. The molecule has 0 radical (unpaired) electrons. The molecule has 0 aliphatic heterocycles. The van der Waals surface area contributed by atoms with Gasteiger partial charge in [-0.3, -0.25) is 13.9 Å². The van der Waals surface area contributed by atoms with Gasteiger partial charge in [0.25, 0.3) is 15.9 Å². The lowest BCUT2D eigenvalue weighted by molar-refractivity contribution is 0.0751. The molecule has 0 aliphatic carbocycles.